The van der Waals surface area contributed by atoms with Crippen molar-refractivity contribution in [1.29, 1.82) is 0 Å². The average molecular weight is 489 g/mol. The fraction of sp³-hybridized carbons (Fsp3) is 0.154. The SMILES string of the molecule is COc1cccc(C/C(C(=O)c2ccc3c(c2)OCCO3)=C(\C(=O)O)c2ccc3nsnc3c2)c1. The van der Waals surface area contributed by atoms with Crippen LogP contribution < -0.4 is 14.2 Å². The smallest absolute Gasteiger partial charge is 0.336 e. The zero-order chi connectivity index (χ0) is 24.4. The normalized spacial score (nSPS) is 13.3. The average Bonchev–Trinajstić information content (AvgIpc) is 3.35. The highest BCUT2D eigenvalue weighted by Crippen LogP contribution is 2.33. The third-order valence-electron chi connectivity index (χ3n) is 5.65. The molecule has 1 aromatic heterocycles. The number of carbonyl (C=O) groups is 2. The Morgan fingerprint density at radius 1 is 0.943 bits per heavy atom. The molecule has 4 aromatic rings. The van der Waals surface area contributed by atoms with Gasteiger partial charge in [-0.2, -0.15) is 8.75 Å². The van der Waals surface area contributed by atoms with Crippen LogP contribution in [-0.4, -0.2) is 45.9 Å². The molecule has 0 saturated heterocycles. The van der Waals surface area contributed by atoms with Crippen molar-refractivity contribution in [2.24, 2.45) is 0 Å². The first-order valence-corrected chi connectivity index (χ1v) is 11.5. The number of allylic oxidation sites excluding steroid dienone is 1. The van der Waals surface area contributed by atoms with Gasteiger partial charge in [0.15, 0.2) is 17.3 Å². The molecule has 3 aromatic carbocycles. The van der Waals surface area contributed by atoms with Crippen LogP contribution in [0.3, 0.4) is 0 Å². The van der Waals surface area contributed by atoms with Gasteiger partial charge in [-0.3, -0.25) is 4.79 Å². The molecular weight excluding hydrogens is 468 g/mol. The lowest BCUT2D eigenvalue weighted by Gasteiger charge is -2.19. The van der Waals surface area contributed by atoms with Crippen molar-refractivity contribution in [2.75, 3.05) is 20.3 Å². The summed E-state index contributed by atoms with van der Waals surface area (Å²) in [6.45, 7) is 0.803. The number of carboxylic acids is 1. The van der Waals surface area contributed by atoms with Gasteiger partial charge >= 0.3 is 5.97 Å². The highest BCUT2D eigenvalue weighted by molar-refractivity contribution is 7.00. The largest absolute Gasteiger partial charge is 0.497 e. The molecule has 0 radical (unpaired) electrons. The first-order chi connectivity index (χ1) is 17.0. The molecule has 0 spiro atoms. The van der Waals surface area contributed by atoms with E-state index < -0.39 is 11.8 Å². The Hall–Kier alpha value is -4.24. The second-order valence-corrected chi connectivity index (χ2v) is 8.37. The van der Waals surface area contributed by atoms with Gasteiger partial charge in [-0.05, 0) is 53.6 Å². The molecule has 9 heteroatoms. The Morgan fingerprint density at radius 3 is 2.51 bits per heavy atom. The van der Waals surface area contributed by atoms with Gasteiger partial charge in [0.25, 0.3) is 0 Å². The number of carbonyl (C=O) groups excluding carboxylic acids is 1. The Morgan fingerprint density at radius 2 is 1.71 bits per heavy atom. The number of aliphatic carboxylic acids is 1. The van der Waals surface area contributed by atoms with Crippen molar-refractivity contribution in [2.45, 2.75) is 6.42 Å². The second kappa shape index (κ2) is 9.55. The minimum atomic E-state index is -1.21. The van der Waals surface area contributed by atoms with Crippen LogP contribution in [0.1, 0.15) is 21.5 Å². The summed E-state index contributed by atoms with van der Waals surface area (Å²) in [6.07, 6.45) is 0.0828. The van der Waals surface area contributed by atoms with E-state index in [4.69, 9.17) is 14.2 Å². The van der Waals surface area contributed by atoms with E-state index in [0.29, 0.717) is 52.6 Å². The number of ketones is 1. The first-order valence-electron chi connectivity index (χ1n) is 10.8. The van der Waals surface area contributed by atoms with Crippen LogP contribution in [0.2, 0.25) is 0 Å². The van der Waals surface area contributed by atoms with Gasteiger partial charge in [-0.1, -0.05) is 18.2 Å². The maximum Gasteiger partial charge on any atom is 0.336 e. The van der Waals surface area contributed by atoms with Crippen LogP contribution in [0.25, 0.3) is 16.6 Å². The molecule has 35 heavy (non-hydrogen) atoms. The summed E-state index contributed by atoms with van der Waals surface area (Å²) in [7, 11) is 1.55. The van der Waals surface area contributed by atoms with E-state index in [1.165, 1.54) is 0 Å². The topological polar surface area (TPSA) is 108 Å². The van der Waals surface area contributed by atoms with Crippen LogP contribution >= 0.6 is 11.7 Å². The van der Waals surface area contributed by atoms with Crippen molar-refractivity contribution < 1.29 is 28.9 Å². The van der Waals surface area contributed by atoms with E-state index in [9.17, 15) is 14.7 Å². The Labute approximate surface area is 204 Å². The predicted octanol–water partition coefficient (Wildman–Crippen LogP) is 4.43. The maximum absolute atomic E-state index is 13.8. The van der Waals surface area contributed by atoms with Gasteiger partial charge in [0, 0.05) is 17.6 Å². The van der Waals surface area contributed by atoms with Gasteiger partial charge in [-0.25, -0.2) is 4.79 Å². The van der Waals surface area contributed by atoms with Crippen LogP contribution in [0.5, 0.6) is 17.2 Å². The quantitative estimate of drug-likeness (QED) is 0.301. The molecule has 5 rings (SSSR count). The molecule has 176 valence electrons. The number of rotatable bonds is 7. The number of Topliss-reactive ketones (excluding diaryl/α,β-unsaturated/α-hetero) is 1. The number of aromatic nitrogens is 2. The van der Waals surface area contributed by atoms with E-state index in [-0.39, 0.29) is 17.6 Å². The van der Waals surface area contributed by atoms with E-state index in [0.717, 1.165) is 17.3 Å². The van der Waals surface area contributed by atoms with Gasteiger partial charge in [0.2, 0.25) is 0 Å². The van der Waals surface area contributed by atoms with Crippen LogP contribution in [0, 0.1) is 0 Å². The van der Waals surface area contributed by atoms with Crippen molar-refractivity contribution >= 4 is 40.1 Å². The predicted molar refractivity (Wildman–Crippen MR) is 130 cm³/mol. The summed E-state index contributed by atoms with van der Waals surface area (Å²) in [6, 6.07) is 17.1. The molecular formula is C26H20N2O6S. The number of fused-ring (bicyclic) bond motifs is 2. The number of nitrogens with zero attached hydrogens (tertiary/aromatic N) is 2. The van der Waals surface area contributed by atoms with E-state index in [2.05, 4.69) is 8.75 Å². The molecule has 1 aliphatic heterocycles. The summed E-state index contributed by atoms with van der Waals surface area (Å²) in [5.41, 5.74) is 2.69. The third-order valence-corrected chi connectivity index (χ3v) is 6.21. The van der Waals surface area contributed by atoms with Crippen molar-refractivity contribution in [1.82, 2.24) is 8.75 Å². The number of carboxylic acid groups (broad SMARTS) is 1. The standard InChI is InChI=1S/C26H20N2O6S/c1-32-18-4-2-3-15(11-18)12-19(25(29)17-6-8-22-23(14-17)34-10-9-33-22)24(26(30)31)16-5-7-20-21(13-16)28-35-27-20/h2-8,11,13-14H,9-10,12H2,1H3,(H,30,31)/b24-19+. The van der Waals surface area contributed by atoms with Gasteiger partial charge in [-0.15, -0.1) is 0 Å². The lowest BCUT2D eigenvalue weighted by Crippen LogP contribution is -2.17. The van der Waals surface area contributed by atoms with Gasteiger partial charge in [0.05, 0.1) is 24.4 Å². The number of methoxy groups -OCH3 is 1. The van der Waals surface area contributed by atoms with Crippen LogP contribution in [-0.2, 0) is 11.2 Å². The van der Waals surface area contributed by atoms with Crippen LogP contribution in [0.15, 0.2) is 66.2 Å². The maximum atomic E-state index is 13.8. The lowest BCUT2D eigenvalue weighted by atomic mass is 9.89. The van der Waals surface area contributed by atoms with E-state index >= 15 is 0 Å². The number of ether oxygens (including phenoxy) is 3. The molecule has 0 aliphatic carbocycles. The minimum absolute atomic E-state index is 0.0828. The fourth-order valence-electron chi connectivity index (χ4n) is 3.99. The highest BCUT2D eigenvalue weighted by atomic mass is 32.1. The molecule has 8 nitrogen and oxygen atoms in total. The molecule has 2 heterocycles. The lowest BCUT2D eigenvalue weighted by molar-refractivity contribution is -0.130. The Kier molecular flexibility index (Phi) is 6.15. The molecule has 0 fully saturated rings. The monoisotopic (exact) mass is 488 g/mol. The number of benzene rings is 3. The Balaban J connectivity index is 1.67. The molecule has 0 unspecified atom stereocenters. The Bertz CT molecular complexity index is 1480. The molecule has 0 atom stereocenters. The van der Waals surface area contributed by atoms with Crippen molar-refractivity contribution in [3.05, 3.63) is 82.9 Å². The third kappa shape index (κ3) is 4.58. The highest BCUT2D eigenvalue weighted by Gasteiger charge is 2.26. The summed E-state index contributed by atoms with van der Waals surface area (Å²) in [4.78, 5) is 26.4. The minimum Gasteiger partial charge on any atom is -0.497 e. The summed E-state index contributed by atoms with van der Waals surface area (Å²) >= 11 is 1.04. The second-order valence-electron chi connectivity index (χ2n) is 7.84. The molecule has 1 N–H and O–H groups in total. The zero-order valence-electron chi connectivity index (χ0n) is 18.7. The fourth-order valence-corrected chi connectivity index (χ4v) is 4.51. The van der Waals surface area contributed by atoms with Crippen LogP contribution in [0.4, 0.5) is 0 Å². The molecule has 0 saturated carbocycles. The number of hydrogen-bond acceptors (Lipinski definition) is 8. The zero-order valence-corrected chi connectivity index (χ0v) is 19.5. The van der Waals surface area contributed by atoms with Crippen molar-refractivity contribution in [3.8, 4) is 17.2 Å². The van der Waals surface area contributed by atoms with Crippen molar-refractivity contribution in [3.63, 3.8) is 0 Å². The first kappa shape index (κ1) is 22.5. The van der Waals surface area contributed by atoms with Gasteiger partial charge < -0.3 is 19.3 Å². The molecule has 0 amide bonds. The van der Waals surface area contributed by atoms with E-state index in [1.54, 1.807) is 61.7 Å². The summed E-state index contributed by atoms with van der Waals surface area (Å²) in [5, 5.41) is 10.3. The molecule has 0 bridgehead atoms. The van der Waals surface area contributed by atoms with E-state index in [1.807, 2.05) is 6.07 Å². The number of hydrogen-bond donors (Lipinski definition) is 1. The molecule has 1 aliphatic rings. The summed E-state index contributed by atoms with van der Waals surface area (Å²) in [5.74, 6) is -0.0174. The van der Waals surface area contributed by atoms with Gasteiger partial charge in [0.1, 0.15) is 30.0 Å². The summed E-state index contributed by atoms with van der Waals surface area (Å²) < 4.78 is 24.9.